The Balaban J connectivity index is 2.49. The minimum absolute atomic E-state index is 0.435. The molecule has 16 heavy (non-hydrogen) atoms. The van der Waals surface area contributed by atoms with Crippen LogP contribution in [-0.2, 0) is 4.79 Å². The second kappa shape index (κ2) is 4.09. The molecule has 0 aliphatic heterocycles. The van der Waals surface area contributed by atoms with Gasteiger partial charge in [-0.1, -0.05) is 18.5 Å². The standard InChI is InChI=1S/C10H10ClN3O2/c1-2-9(10(15)16)14-12-7-4-3-6(11)5-8(7)13-14/h3-5,9H,2H2,1H3,(H,15,16). The van der Waals surface area contributed by atoms with Crippen molar-refractivity contribution in [3.05, 3.63) is 23.2 Å². The van der Waals surface area contributed by atoms with Crippen molar-refractivity contribution >= 4 is 28.6 Å². The molecule has 2 rings (SSSR count). The van der Waals surface area contributed by atoms with Crippen molar-refractivity contribution in [3.8, 4) is 0 Å². The molecule has 0 radical (unpaired) electrons. The van der Waals surface area contributed by atoms with Gasteiger partial charge < -0.3 is 5.11 Å². The van der Waals surface area contributed by atoms with Gasteiger partial charge >= 0.3 is 5.97 Å². The fraction of sp³-hybridized carbons (Fsp3) is 0.300. The van der Waals surface area contributed by atoms with Crippen molar-refractivity contribution in [1.29, 1.82) is 0 Å². The van der Waals surface area contributed by atoms with Crippen molar-refractivity contribution in [3.63, 3.8) is 0 Å². The predicted octanol–water partition coefficient (Wildman–Crippen LogP) is 2.12. The molecule has 1 unspecified atom stereocenters. The van der Waals surface area contributed by atoms with E-state index in [-0.39, 0.29) is 0 Å². The highest BCUT2D eigenvalue weighted by Gasteiger charge is 2.19. The van der Waals surface area contributed by atoms with Crippen LogP contribution in [-0.4, -0.2) is 26.1 Å². The van der Waals surface area contributed by atoms with Gasteiger partial charge in [-0.3, -0.25) is 0 Å². The molecule has 5 nitrogen and oxygen atoms in total. The van der Waals surface area contributed by atoms with Crippen LogP contribution in [0.3, 0.4) is 0 Å². The summed E-state index contributed by atoms with van der Waals surface area (Å²) in [5.74, 6) is -0.936. The average Bonchev–Trinajstić information content (AvgIpc) is 2.60. The highest BCUT2D eigenvalue weighted by molar-refractivity contribution is 6.31. The first-order valence-electron chi connectivity index (χ1n) is 4.86. The lowest BCUT2D eigenvalue weighted by atomic mass is 10.2. The smallest absolute Gasteiger partial charge is 0.330 e. The lowest BCUT2D eigenvalue weighted by Crippen LogP contribution is -2.20. The Hall–Kier alpha value is -1.62. The number of benzene rings is 1. The highest BCUT2D eigenvalue weighted by atomic mass is 35.5. The van der Waals surface area contributed by atoms with Crippen LogP contribution in [0.15, 0.2) is 18.2 Å². The van der Waals surface area contributed by atoms with Crippen LogP contribution < -0.4 is 0 Å². The number of carboxylic acid groups (broad SMARTS) is 1. The van der Waals surface area contributed by atoms with E-state index in [1.165, 1.54) is 4.80 Å². The van der Waals surface area contributed by atoms with E-state index in [0.29, 0.717) is 22.5 Å². The van der Waals surface area contributed by atoms with Gasteiger partial charge in [-0.25, -0.2) is 4.79 Å². The molecule has 1 heterocycles. The van der Waals surface area contributed by atoms with Crippen LogP contribution in [0.1, 0.15) is 19.4 Å². The van der Waals surface area contributed by atoms with Crippen molar-refractivity contribution < 1.29 is 9.90 Å². The van der Waals surface area contributed by atoms with Gasteiger partial charge in [-0.2, -0.15) is 15.0 Å². The molecule has 1 N–H and O–H groups in total. The fourth-order valence-electron chi connectivity index (χ4n) is 1.48. The maximum atomic E-state index is 10.9. The van der Waals surface area contributed by atoms with Gasteiger partial charge in [-0.05, 0) is 24.6 Å². The minimum atomic E-state index is -0.936. The maximum Gasteiger partial charge on any atom is 0.330 e. The first-order valence-corrected chi connectivity index (χ1v) is 5.24. The largest absolute Gasteiger partial charge is 0.480 e. The van der Waals surface area contributed by atoms with Gasteiger partial charge in [0.25, 0.3) is 0 Å². The van der Waals surface area contributed by atoms with Gasteiger partial charge in [0.1, 0.15) is 11.0 Å². The van der Waals surface area contributed by atoms with E-state index < -0.39 is 12.0 Å². The lowest BCUT2D eigenvalue weighted by molar-refractivity contribution is -0.141. The first-order chi connectivity index (χ1) is 7.61. The maximum absolute atomic E-state index is 10.9. The molecule has 0 fully saturated rings. The third-order valence-electron chi connectivity index (χ3n) is 2.31. The zero-order valence-electron chi connectivity index (χ0n) is 8.59. The van der Waals surface area contributed by atoms with Crippen molar-refractivity contribution in [2.75, 3.05) is 0 Å². The van der Waals surface area contributed by atoms with Gasteiger partial charge in [0, 0.05) is 5.02 Å². The summed E-state index contributed by atoms with van der Waals surface area (Å²) in [7, 11) is 0. The zero-order chi connectivity index (χ0) is 11.7. The number of carboxylic acids is 1. The first kappa shape index (κ1) is 10.9. The van der Waals surface area contributed by atoms with Crippen molar-refractivity contribution in [2.45, 2.75) is 19.4 Å². The molecule has 0 saturated heterocycles. The molecule has 0 spiro atoms. The molecule has 1 aromatic carbocycles. The van der Waals surface area contributed by atoms with E-state index in [9.17, 15) is 4.79 Å². The molecule has 0 aliphatic carbocycles. The molecular formula is C10H10ClN3O2. The summed E-state index contributed by atoms with van der Waals surface area (Å²) in [6.07, 6.45) is 0.435. The molecule has 0 aliphatic rings. The molecule has 0 amide bonds. The summed E-state index contributed by atoms with van der Waals surface area (Å²) in [5.41, 5.74) is 1.25. The highest BCUT2D eigenvalue weighted by Crippen LogP contribution is 2.18. The molecule has 1 aromatic heterocycles. The van der Waals surface area contributed by atoms with Crippen LogP contribution in [0.5, 0.6) is 0 Å². The van der Waals surface area contributed by atoms with E-state index in [4.69, 9.17) is 16.7 Å². The fourth-order valence-corrected chi connectivity index (χ4v) is 1.65. The number of carbonyl (C=O) groups is 1. The number of aliphatic carboxylic acids is 1. The summed E-state index contributed by atoms with van der Waals surface area (Å²) in [6, 6.07) is 4.35. The van der Waals surface area contributed by atoms with E-state index in [0.717, 1.165) is 0 Å². The molecule has 1 atom stereocenters. The molecular weight excluding hydrogens is 230 g/mol. The SMILES string of the molecule is CCC(C(=O)O)n1nc2ccc(Cl)cc2n1. The van der Waals surface area contributed by atoms with Crippen LogP contribution in [0, 0.1) is 0 Å². The number of fused-ring (bicyclic) bond motifs is 1. The van der Waals surface area contributed by atoms with E-state index in [2.05, 4.69) is 10.2 Å². The molecule has 0 saturated carbocycles. The van der Waals surface area contributed by atoms with Crippen LogP contribution in [0.4, 0.5) is 0 Å². The average molecular weight is 240 g/mol. The number of rotatable bonds is 3. The Morgan fingerprint density at radius 2 is 2.19 bits per heavy atom. The van der Waals surface area contributed by atoms with Crippen LogP contribution >= 0.6 is 11.6 Å². The molecule has 2 aromatic rings. The molecule has 6 heteroatoms. The number of hydrogen-bond donors (Lipinski definition) is 1. The van der Waals surface area contributed by atoms with E-state index in [1.54, 1.807) is 25.1 Å². The Kier molecular flexibility index (Phi) is 2.78. The second-order valence-corrected chi connectivity index (χ2v) is 3.85. The third kappa shape index (κ3) is 1.86. The zero-order valence-corrected chi connectivity index (χ0v) is 9.35. The van der Waals surface area contributed by atoms with Crippen molar-refractivity contribution in [1.82, 2.24) is 15.0 Å². The normalized spacial score (nSPS) is 12.9. The van der Waals surface area contributed by atoms with Gasteiger partial charge in [-0.15, -0.1) is 0 Å². The number of halogens is 1. The van der Waals surface area contributed by atoms with Crippen molar-refractivity contribution in [2.24, 2.45) is 0 Å². The van der Waals surface area contributed by atoms with Crippen LogP contribution in [0.2, 0.25) is 5.02 Å². The third-order valence-corrected chi connectivity index (χ3v) is 2.54. The van der Waals surface area contributed by atoms with E-state index >= 15 is 0 Å². The second-order valence-electron chi connectivity index (χ2n) is 3.42. The Morgan fingerprint density at radius 3 is 2.81 bits per heavy atom. The van der Waals surface area contributed by atoms with Gasteiger partial charge in [0.15, 0.2) is 6.04 Å². The summed E-state index contributed by atoms with van der Waals surface area (Å²) in [4.78, 5) is 12.2. The minimum Gasteiger partial charge on any atom is -0.480 e. The topological polar surface area (TPSA) is 68.0 Å². The van der Waals surface area contributed by atoms with Crippen LogP contribution in [0.25, 0.3) is 11.0 Å². The summed E-state index contributed by atoms with van der Waals surface area (Å²) in [6.45, 7) is 1.78. The van der Waals surface area contributed by atoms with Gasteiger partial charge in [0.05, 0.1) is 0 Å². The molecule has 0 bridgehead atoms. The summed E-state index contributed by atoms with van der Waals surface area (Å²) >= 11 is 5.81. The lowest BCUT2D eigenvalue weighted by Gasteiger charge is -2.06. The summed E-state index contributed by atoms with van der Waals surface area (Å²) in [5, 5.41) is 17.8. The van der Waals surface area contributed by atoms with E-state index in [1.807, 2.05) is 0 Å². The monoisotopic (exact) mass is 239 g/mol. The molecule has 84 valence electrons. The summed E-state index contributed by atoms with van der Waals surface area (Å²) < 4.78 is 0. The Bertz CT molecular complexity index is 538. The van der Waals surface area contributed by atoms with Gasteiger partial charge in [0.2, 0.25) is 0 Å². The quantitative estimate of drug-likeness (QED) is 0.891. The predicted molar refractivity (Wildman–Crippen MR) is 59.5 cm³/mol. The number of hydrogen-bond acceptors (Lipinski definition) is 3. The number of aromatic nitrogens is 3. The Morgan fingerprint density at radius 1 is 1.50 bits per heavy atom. The Labute approximate surface area is 96.6 Å². The number of nitrogens with zero attached hydrogens (tertiary/aromatic N) is 3.